The van der Waals surface area contributed by atoms with Crippen LogP contribution in [-0.2, 0) is 49.4 Å². The van der Waals surface area contributed by atoms with E-state index in [0.717, 1.165) is 70.0 Å². The van der Waals surface area contributed by atoms with Gasteiger partial charge in [-0.1, -0.05) is 42.8 Å². The Bertz CT molecular complexity index is 1880. The second-order valence-electron chi connectivity index (χ2n) is 12.8. The van der Waals surface area contributed by atoms with E-state index in [1.54, 1.807) is 0 Å². The van der Waals surface area contributed by atoms with E-state index in [-0.39, 0.29) is 36.2 Å². The Kier molecular flexibility index (Phi) is 8.26. The van der Waals surface area contributed by atoms with E-state index in [9.17, 15) is 9.59 Å². The minimum atomic E-state index is 0.133. The van der Waals surface area contributed by atoms with Crippen LogP contribution in [0, 0.1) is 0 Å². The summed E-state index contributed by atoms with van der Waals surface area (Å²) in [5.41, 5.74) is 7.71. The zero-order valence-corrected chi connectivity index (χ0v) is 26.4. The van der Waals surface area contributed by atoms with Crippen molar-refractivity contribution in [3.63, 3.8) is 0 Å². The first-order valence-corrected chi connectivity index (χ1v) is 16.2. The lowest BCUT2D eigenvalue weighted by molar-refractivity contribution is -0.118. The molecule has 6 aromatic rings. The van der Waals surface area contributed by atoms with Crippen LogP contribution in [0.1, 0.15) is 71.4 Å². The number of aromatic nitrogens is 6. The number of benzene rings is 2. The summed E-state index contributed by atoms with van der Waals surface area (Å²) in [6.45, 7) is 0. The molecular formula is C38H38N6O2. The molecule has 1 aliphatic rings. The van der Waals surface area contributed by atoms with Crippen LogP contribution >= 0.6 is 0 Å². The Morgan fingerprint density at radius 1 is 0.609 bits per heavy atom. The summed E-state index contributed by atoms with van der Waals surface area (Å²) in [6.07, 6.45) is 9.52. The maximum absolute atomic E-state index is 12.9. The van der Waals surface area contributed by atoms with Gasteiger partial charge < -0.3 is 9.13 Å². The molecule has 8 heteroatoms. The molecule has 232 valence electrons. The quantitative estimate of drug-likeness (QED) is 0.178. The molecule has 0 bridgehead atoms. The number of ketones is 2. The first kappa shape index (κ1) is 29.7. The number of Topliss-reactive ketones (excluding diaryl/α,β-unsaturated/α-hetero) is 2. The molecule has 0 radical (unpaired) electrons. The highest BCUT2D eigenvalue weighted by molar-refractivity contribution is 5.91. The van der Waals surface area contributed by atoms with Crippen molar-refractivity contribution < 1.29 is 9.59 Å². The van der Waals surface area contributed by atoms with Crippen molar-refractivity contribution in [2.75, 3.05) is 0 Å². The van der Waals surface area contributed by atoms with Gasteiger partial charge in [-0.2, -0.15) is 20.4 Å². The molecule has 4 heterocycles. The van der Waals surface area contributed by atoms with Crippen LogP contribution in [0.3, 0.4) is 0 Å². The predicted octanol–water partition coefficient (Wildman–Crippen LogP) is 6.40. The molecule has 8 nitrogen and oxygen atoms in total. The molecule has 4 aromatic heterocycles. The fourth-order valence-corrected chi connectivity index (χ4v) is 7.18. The molecule has 0 saturated heterocycles. The van der Waals surface area contributed by atoms with E-state index in [1.165, 1.54) is 0 Å². The third kappa shape index (κ3) is 6.25. The fraction of sp³-hybridized carbons (Fsp3) is 0.316. The van der Waals surface area contributed by atoms with E-state index in [4.69, 9.17) is 0 Å². The van der Waals surface area contributed by atoms with E-state index in [1.807, 2.05) is 75.0 Å². The van der Waals surface area contributed by atoms with Gasteiger partial charge >= 0.3 is 0 Å². The molecule has 0 unspecified atom stereocenters. The van der Waals surface area contributed by atoms with Gasteiger partial charge in [-0.25, -0.2) is 0 Å². The molecule has 2 aromatic carbocycles. The number of hydrogen-bond acceptors (Lipinski definition) is 6. The lowest BCUT2D eigenvalue weighted by Gasteiger charge is -2.28. The van der Waals surface area contributed by atoms with Crippen molar-refractivity contribution in [2.24, 2.45) is 14.1 Å². The smallest absolute Gasteiger partial charge is 0.143 e. The van der Waals surface area contributed by atoms with Crippen LogP contribution in [0.4, 0.5) is 0 Å². The number of aryl methyl sites for hydroxylation is 2. The van der Waals surface area contributed by atoms with Gasteiger partial charge in [0.1, 0.15) is 11.6 Å². The first-order chi connectivity index (χ1) is 22.4. The number of para-hydroxylation sites is 2. The number of nitrogens with zero attached hydrogens (tertiary/aromatic N) is 6. The van der Waals surface area contributed by atoms with Crippen molar-refractivity contribution in [1.82, 2.24) is 29.5 Å². The SMILES string of the molecule is Cn1cc(CC(=O)Cc2ccc([C@@H]3CCC[C@H](c4ccc(CC(=O)Cc5cn(C)c6ccccc56)nn4)C3)nn2)c2ccccc21. The molecule has 1 fully saturated rings. The van der Waals surface area contributed by atoms with Crippen molar-refractivity contribution in [3.05, 3.63) is 119 Å². The van der Waals surface area contributed by atoms with Crippen LogP contribution in [0.2, 0.25) is 0 Å². The van der Waals surface area contributed by atoms with Gasteiger partial charge in [0.25, 0.3) is 0 Å². The third-order valence-electron chi connectivity index (χ3n) is 9.48. The van der Waals surface area contributed by atoms with Gasteiger partial charge in [0, 0.05) is 73.0 Å². The molecule has 2 atom stereocenters. The monoisotopic (exact) mass is 610 g/mol. The number of carbonyl (C=O) groups is 2. The normalized spacial score (nSPS) is 16.7. The van der Waals surface area contributed by atoms with Crippen molar-refractivity contribution in [3.8, 4) is 0 Å². The molecule has 7 rings (SSSR count). The lowest BCUT2D eigenvalue weighted by Crippen LogP contribution is -2.17. The zero-order valence-electron chi connectivity index (χ0n) is 26.4. The maximum atomic E-state index is 12.9. The number of carbonyl (C=O) groups excluding carboxylic acids is 2. The van der Waals surface area contributed by atoms with Crippen LogP contribution in [-0.4, -0.2) is 41.1 Å². The van der Waals surface area contributed by atoms with Crippen molar-refractivity contribution >= 4 is 33.4 Å². The van der Waals surface area contributed by atoms with E-state index >= 15 is 0 Å². The Labute approximate surface area is 268 Å². The molecule has 0 aliphatic heterocycles. The molecule has 0 N–H and O–H groups in total. The Hall–Kier alpha value is -4.98. The minimum absolute atomic E-state index is 0.133. The van der Waals surface area contributed by atoms with Gasteiger partial charge in [0.2, 0.25) is 0 Å². The second-order valence-corrected chi connectivity index (χ2v) is 12.8. The zero-order chi connectivity index (χ0) is 31.6. The van der Waals surface area contributed by atoms with E-state index in [0.29, 0.717) is 24.2 Å². The average molecular weight is 611 g/mol. The molecule has 0 spiro atoms. The standard InChI is InChI=1S/C38H38N6O2/c1-43-23-27(33-10-3-5-12-37(33)43)19-31(45)21-29-14-16-35(41-39-29)25-8-7-9-26(18-25)36-17-15-30(40-42-36)22-32(46)20-28-24-44(2)38-13-6-4-11-34(28)38/h3-6,10-17,23-26H,7-9,18-22H2,1-2H3/t25-,26+. The average Bonchev–Trinajstić information content (AvgIpc) is 3.56. The minimum Gasteiger partial charge on any atom is -0.350 e. The maximum Gasteiger partial charge on any atom is 0.143 e. The van der Waals surface area contributed by atoms with E-state index in [2.05, 4.69) is 53.8 Å². The summed E-state index contributed by atoms with van der Waals surface area (Å²) in [6, 6.07) is 24.3. The summed E-state index contributed by atoms with van der Waals surface area (Å²) in [7, 11) is 4.02. The van der Waals surface area contributed by atoms with Gasteiger partial charge in [-0.05, 0) is 66.8 Å². The van der Waals surface area contributed by atoms with Gasteiger partial charge in [0.05, 0.1) is 35.6 Å². The third-order valence-corrected chi connectivity index (χ3v) is 9.48. The second kappa shape index (κ2) is 12.8. The van der Waals surface area contributed by atoms with Gasteiger partial charge in [-0.15, -0.1) is 0 Å². The Balaban J connectivity index is 0.938. The van der Waals surface area contributed by atoms with Gasteiger partial charge in [-0.3, -0.25) is 9.59 Å². The molecule has 1 saturated carbocycles. The van der Waals surface area contributed by atoms with Crippen LogP contribution < -0.4 is 0 Å². The summed E-state index contributed by atoms with van der Waals surface area (Å²) < 4.78 is 4.14. The Morgan fingerprint density at radius 2 is 1.07 bits per heavy atom. The van der Waals surface area contributed by atoms with Gasteiger partial charge in [0.15, 0.2) is 0 Å². The first-order valence-electron chi connectivity index (χ1n) is 16.2. The predicted molar refractivity (Wildman–Crippen MR) is 179 cm³/mol. The highest BCUT2D eigenvalue weighted by atomic mass is 16.1. The number of fused-ring (bicyclic) bond motifs is 2. The molecule has 0 amide bonds. The Morgan fingerprint density at radius 3 is 1.50 bits per heavy atom. The molecule has 46 heavy (non-hydrogen) atoms. The molecular weight excluding hydrogens is 572 g/mol. The summed E-state index contributed by atoms with van der Waals surface area (Å²) in [5, 5.41) is 20.3. The van der Waals surface area contributed by atoms with Crippen LogP contribution in [0.25, 0.3) is 21.8 Å². The fourth-order valence-electron chi connectivity index (χ4n) is 7.18. The van der Waals surface area contributed by atoms with Crippen LogP contribution in [0.5, 0.6) is 0 Å². The largest absolute Gasteiger partial charge is 0.350 e. The topological polar surface area (TPSA) is 95.6 Å². The summed E-state index contributed by atoms with van der Waals surface area (Å²) in [5.74, 6) is 0.840. The number of rotatable bonds is 10. The highest BCUT2D eigenvalue weighted by Gasteiger charge is 2.27. The van der Waals surface area contributed by atoms with E-state index < -0.39 is 0 Å². The van der Waals surface area contributed by atoms with Crippen LogP contribution in [0.15, 0.2) is 85.2 Å². The number of hydrogen-bond donors (Lipinski definition) is 0. The highest BCUT2D eigenvalue weighted by Crippen LogP contribution is 2.40. The summed E-state index contributed by atoms with van der Waals surface area (Å²) in [4.78, 5) is 25.9. The van der Waals surface area contributed by atoms with Crippen molar-refractivity contribution in [1.29, 1.82) is 0 Å². The lowest BCUT2D eigenvalue weighted by atomic mass is 9.78. The summed E-state index contributed by atoms with van der Waals surface area (Å²) >= 11 is 0. The molecule has 1 aliphatic carbocycles. The van der Waals surface area contributed by atoms with Crippen molar-refractivity contribution in [2.45, 2.75) is 63.2 Å².